The Kier molecular flexibility index (Phi) is 11.6. The first-order chi connectivity index (χ1) is 16.3. The molecule has 1 aromatic rings. The number of nitrogens with two attached hydrogens (primary N) is 1. The summed E-state index contributed by atoms with van der Waals surface area (Å²) in [5.74, 6) is -6.18. The quantitative estimate of drug-likeness (QED) is 0.101. The Hall–Kier alpha value is -3.75. The Morgan fingerprint density at radius 2 is 1.09 bits per heavy atom. The zero-order chi connectivity index (χ0) is 26.6. The lowest BCUT2D eigenvalue weighted by atomic mass is 10.1. The largest absolute Gasteiger partial charge is 0.480 e. The normalized spacial score (nSPS) is 11.5. The third-order valence-corrected chi connectivity index (χ3v) is 5.14. The Morgan fingerprint density at radius 3 is 1.51 bits per heavy atom. The molecule has 14 nitrogen and oxygen atoms in total. The topological polar surface area (TPSA) is 219 Å². The number of hydrogen-bond donors (Lipinski definition) is 6. The second-order valence-corrected chi connectivity index (χ2v) is 8.24. The van der Waals surface area contributed by atoms with Gasteiger partial charge in [0.05, 0.1) is 26.2 Å². The van der Waals surface area contributed by atoms with Gasteiger partial charge in [-0.25, -0.2) is 9.59 Å². The monoisotopic (exact) mass is 499 g/mol. The number of rotatable bonds is 18. The van der Waals surface area contributed by atoms with Gasteiger partial charge in [-0.05, 0) is 12.1 Å². The van der Waals surface area contributed by atoms with Crippen molar-refractivity contribution in [1.29, 1.82) is 0 Å². The first-order valence-electron chi connectivity index (χ1n) is 10.5. The van der Waals surface area contributed by atoms with Crippen LogP contribution in [0.2, 0.25) is 0 Å². The number of nitrogen functional groups attached to an aromatic ring is 1. The standard InChI is InChI=1S/C21H30N4O10/c22-16-3-1-15(2-4-16)12-25(13-20(32)33,14-21(34)35)8-7-23(9-17(26)27)5-6-24(10-18(28)29)11-19(30)31/h1-4H,5-14,22H2,(H4-,26,27,28,29,30,31,32,33,34,35)/p+1. The summed E-state index contributed by atoms with van der Waals surface area (Å²) in [5.41, 5.74) is 6.80. The molecule has 0 amide bonds. The number of quaternary nitrogens is 1. The molecule has 7 N–H and O–H groups in total. The van der Waals surface area contributed by atoms with Crippen LogP contribution in [-0.4, -0.2) is 129 Å². The molecular weight excluding hydrogens is 468 g/mol. The molecule has 0 saturated heterocycles. The van der Waals surface area contributed by atoms with Gasteiger partial charge < -0.3 is 35.7 Å². The van der Waals surface area contributed by atoms with E-state index in [1.807, 2.05) is 0 Å². The van der Waals surface area contributed by atoms with Crippen molar-refractivity contribution in [3.8, 4) is 0 Å². The molecule has 0 radical (unpaired) electrons. The number of hydrogen-bond acceptors (Lipinski definition) is 8. The molecule has 0 unspecified atom stereocenters. The average Bonchev–Trinajstić information content (AvgIpc) is 2.69. The summed E-state index contributed by atoms with van der Waals surface area (Å²) < 4.78 is -0.418. The molecule has 0 fully saturated rings. The number of nitrogens with zero attached hydrogens (tertiary/aromatic N) is 3. The molecule has 0 aliphatic heterocycles. The summed E-state index contributed by atoms with van der Waals surface area (Å²) in [6.07, 6.45) is 0. The van der Waals surface area contributed by atoms with Crippen molar-refractivity contribution in [2.24, 2.45) is 0 Å². The molecule has 14 heteroatoms. The maximum Gasteiger partial charge on any atom is 0.359 e. The van der Waals surface area contributed by atoms with E-state index >= 15 is 0 Å². The minimum atomic E-state index is -1.25. The van der Waals surface area contributed by atoms with E-state index in [-0.39, 0.29) is 32.7 Å². The van der Waals surface area contributed by atoms with Crippen LogP contribution >= 0.6 is 0 Å². The Bertz CT molecular complexity index is 874. The maximum absolute atomic E-state index is 11.6. The van der Waals surface area contributed by atoms with E-state index in [0.717, 1.165) is 4.90 Å². The molecular formula is C21H31N4O10+. The van der Waals surface area contributed by atoms with Crippen LogP contribution < -0.4 is 5.73 Å². The Labute approximate surface area is 201 Å². The summed E-state index contributed by atoms with van der Waals surface area (Å²) in [6, 6.07) is 6.50. The van der Waals surface area contributed by atoms with Gasteiger partial charge in [-0.1, -0.05) is 12.1 Å². The molecule has 0 saturated carbocycles. The third-order valence-electron chi connectivity index (χ3n) is 5.14. The highest BCUT2D eigenvalue weighted by Crippen LogP contribution is 2.17. The second kappa shape index (κ2) is 13.8. The summed E-state index contributed by atoms with van der Waals surface area (Å²) in [7, 11) is 0. The highest BCUT2D eigenvalue weighted by molar-refractivity contribution is 5.72. The molecule has 0 aromatic heterocycles. The number of benzene rings is 1. The van der Waals surface area contributed by atoms with Crippen molar-refractivity contribution in [3.63, 3.8) is 0 Å². The van der Waals surface area contributed by atoms with Gasteiger partial charge in [0, 0.05) is 30.9 Å². The summed E-state index contributed by atoms with van der Waals surface area (Å²) in [5, 5.41) is 46.2. The fourth-order valence-corrected chi connectivity index (χ4v) is 3.68. The van der Waals surface area contributed by atoms with E-state index in [1.165, 1.54) is 4.90 Å². The van der Waals surface area contributed by atoms with Crippen LogP contribution in [0.3, 0.4) is 0 Å². The SMILES string of the molecule is Nc1ccc(C[N+](CCN(CCN(CC(=O)O)CC(=O)O)CC(=O)O)(CC(=O)O)CC(=O)O)cc1. The van der Waals surface area contributed by atoms with E-state index in [4.69, 9.17) is 15.9 Å². The minimum absolute atomic E-state index is 0.0317. The van der Waals surface area contributed by atoms with Crippen molar-refractivity contribution >= 4 is 35.5 Å². The van der Waals surface area contributed by atoms with Crippen LogP contribution in [0.15, 0.2) is 24.3 Å². The number of carboxylic acid groups (broad SMARTS) is 5. The molecule has 1 rings (SSSR count). The van der Waals surface area contributed by atoms with Crippen LogP contribution in [0.1, 0.15) is 5.56 Å². The van der Waals surface area contributed by atoms with Crippen molar-refractivity contribution in [2.75, 3.05) is 64.6 Å². The number of aliphatic carboxylic acids is 5. The van der Waals surface area contributed by atoms with E-state index in [0.29, 0.717) is 11.3 Å². The lowest BCUT2D eigenvalue weighted by Gasteiger charge is -2.37. The van der Waals surface area contributed by atoms with E-state index < -0.39 is 67.1 Å². The maximum atomic E-state index is 11.6. The Balaban J connectivity index is 3.10. The molecule has 1 aromatic carbocycles. The molecule has 0 spiro atoms. The number of carboxylic acids is 5. The Morgan fingerprint density at radius 1 is 0.657 bits per heavy atom. The smallest absolute Gasteiger partial charge is 0.359 e. The minimum Gasteiger partial charge on any atom is -0.480 e. The van der Waals surface area contributed by atoms with Crippen LogP contribution in [0.25, 0.3) is 0 Å². The van der Waals surface area contributed by atoms with Gasteiger partial charge in [-0.3, -0.25) is 24.2 Å². The van der Waals surface area contributed by atoms with Crippen molar-refractivity contribution in [1.82, 2.24) is 9.80 Å². The summed E-state index contributed by atoms with van der Waals surface area (Å²) in [6.45, 7) is -2.87. The van der Waals surface area contributed by atoms with Crippen molar-refractivity contribution in [2.45, 2.75) is 6.54 Å². The second-order valence-electron chi connectivity index (χ2n) is 8.24. The van der Waals surface area contributed by atoms with Crippen LogP contribution in [-0.2, 0) is 30.5 Å². The fraction of sp³-hybridized carbons (Fsp3) is 0.476. The van der Waals surface area contributed by atoms with Crippen LogP contribution in [0.5, 0.6) is 0 Å². The lowest BCUT2D eigenvalue weighted by Crippen LogP contribution is -2.57. The van der Waals surface area contributed by atoms with Gasteiger partial charge in [0.15, 0.2) is 13.1 Å². The fourth-order valence-electron chi connectivity index (χ4n) is 3.68. The lowest BCUT2D eigenvalue weighted by molar-refractivity contribution is -0.927. The van der Waals surface area contributed by atoms with Gasteiger partial charge >= 0.3 is 29.8 Å². The van der Waals surface area contributed by atoms with Crippen molar-refractivity contribution in [3.05, 3.63) is 29.8 Å². The summed E-state index contributed by atoms with van der Waals surface area (Å²) >= 11 is 0. The molecule has 0 aliphatic carbocycles. The molecule has 0 heterocycles. The first-order valence-corrected chi connectivity index (χ1v) is 10.5. The third kappa shape index (κ3) is 12.3. The summed E-state index contributed by atoms with van der Waals surface area (Å²) in [4.78, 5) is 59.1. The zero-order valence-electron chi connectivity index (χ0n) is 19.1. The molecule has 0 atom stereocenters. The highest BCUT2D eigenvalue weighted by Gasteiger charge is 2.34. The molecule has 0 aliphatic rings. The number of anilines is 1. The van der Waals surface area contributed by atoms with Gasteiger partial charge in [-0.2, -0.15) is 0 Å². The van der Waals surface area contributed by atoms with Crippen LogP contribution in [0, 0.1) is 0 Å². The van der Waals surface area contributed by atoms with E-state index in [9.17, 15) is 39.3 Å². The zero-order valence-corrected chi connectivity index (χ0v) is 19.1. The van der Waals surface area contributed by atoms with Gasteiger partial charge in [-0.15, -0.1) is 0 Å². The predicted molar refractivity (Wildman–Crippen MR) is 120 cm³/mol. The van der Waals surface area contributed by atoms with E-state index in [1.54, 1.807) is 24.3 Å². The first kappa shape index (κ1) is 29.3. The van der Waals surface area contributed by atoms with Gasteiger partial charge in [0.2, 0.25) is 0 Å². The molecule has 194 valence electrons. The van der Waals surface area contributed by atoms with Gasteiger partial charge in [0.1, 0.15) is 6.54 Å². The number of carbonyl (C=O) groups is 5. The average molecular weight is 499 g/mol. The van der Waals surface area contributed by atoms with Gasteiger partial charge in [0.25, 0.3) is 0 Å². The van der Waals surface area contributed by atoms with Crippen LogP contribution in [0.4, 0.5) is 5.69 Å². The predicted octanol–water partition coefficient (Wildman–Crippen LogP) is -1.39. The molecule has 35 heavy (non-hydrogen) atoms. The van der Waals surface area contributed by atoms with Crippen molar-refractivity contribution < 1.29 is 54.0 Å². The molecule has 0 bridgehead atoms. The van der Waals surface area contributed by atoms with E-state index in [2.05, 4.69) is 0 Å². The highest BCUT2D eigenvalue weighted by atomic mass is 16.4.